The van der Waals surface area contributed by atoms with Crippen LogP contribution in [-0.4, -0.2) is 18.2 Å². The van der Waals surface area contributed by atoms with Crippen LogP contribution in [-0.2, 0) is 10.1 Å². The second-order valence-electron chi connectivity index (χ2n) is 4.40. The van der Waals surface area contributed by atoms with Crippen LogP contribution in [0, 0.1) is 17.8 Å². The molecule has 0 amide bonds. The van der Waals surface area contributed by atoms with E-state index in [4.69, 9.17) is 0 Å². The van der Waals surface area contributed by atoms with Crippen molar-refractivity contribution in [1.29, 1.82) is 0 Å². The Morgan fingerprint density at radius 3 is 1.71 bits per heavy atom. The third-order valence-electron chi connectivity index (χ3n) is 3.47. The zero-order chi connectivity index (χ0) is 10.2. The van der Waals surface area contributed by atoms with Crippen LogP contribution in [0.4, 0.5) is 0 Å². The predicted octanol–water partition coefficient (Wildman–Crippen LogP) is -1.39. The van der Waals surface area contributed by atoms with Gasteiger partial charge in [-0.25, -0.2) is 8.42 Å². The van der Waals surface area contributed by atoms with Crippen LogP contribution in [0.15, 0.2) is 0 Å². The Morgan fingerprint density at radius 1 is 1.07 bits per heavy atom. The zero-order valence-corrected chi connectivity index (χ0v) is 13.3. The summed E-state index contributed by atoms with van der Waals surface area (Å²) in [4.78, 5) is 0. The standard InChI is InChI=1S/C9H18O3S.K/c1-6-4-9(13(10,11)12)5-7(2)8(6)3;/h6-9H,4-5H2,1-3H3,(H,10,11,12);/q;+1/p-1. The van der Waals surface area contributed by atoms with Crippen LogP contribution in [0.3, 0.4) is 0 Å². The molecule has 0 aromatic carbocycles. The Kier molecular flexibility index (Phi) is 6.38. The van der Waals surface area contributed by atoms with Gasteiger partial charge in [0, 0.05) is 0 Å². The monoisotopic (exact) mass is 244 g/mol. The molecule has 1 aliphatic rings. The third kappa shape index (κ3) is 3.85. The molecule has 0 aliphatic heterocycles. The van der Waals surface area contributed by atoms with Gasteiger partial charge in [-0.15, -0.1) is 0 Å². The molecular weight excluding hydrogens is 227 g/mol. The molecule has 78 valence electrons. The van der Waals surface area contributed by atoms with Crippen LogP contribution >= 0.6 is 0 Å². The second kappa shape index (κ2) is 5.75. The quantitative estimate of drug-likeness (QED) is 0.421. The normalized spacial score (nSPS) is 38.9. The van der Waals surface area contributed by atoms with Crippen LogP contribution in [0.5, 0.6) is 0 Å². The van der Waals surface area contributed by atoms with Gasteiger partial charge >= 0.3 is 51.4 Å². The van der Waals surface area contributed by atoms with E-state index in [2.05, 4.69) is 6.92 Å². The molecule has 0 bridgehead atoms. The number of hydrogen-bond acceptors (Lipinski definition) is 3. The molecule has 0 N–H and O–H groups in total. The van der Waals surface area contributed by atoms with E-state index in [9.17, 15) is 13.0 Å². The Labute approximate surface area is 129 Å². The fourth-order valence-corrected chi connectivity index (χ4v) is 3.23. The van der Waals surface area contributed by atoms with E-state index < -0.39 is 15.4 Å². The van der Waals surface area contributed by atoms with Gasteiger partial charge in [0.25, 0.3) is 0 Å². The molecule has 1 rings (SSSR count). The van der Waals surface area contributed by atoms with Crippen molar-refractivity contribution >= 4 is 10.1 Å². The molecule has 2 unspecified atom stereocenters. The fraction of sp³-hybridized carbons (Fsp3) is 1.00. The van der Waals surface area contributed by atoms with Crippen molar-refractivity contribution in [1.82, 2.24) is 0 Å². The summed E-state index contributed by atoms with van der Waals surface area (Å²) in [6.45, 7) is 6.18. The van der Waals surface area contributed by atoms with Crippen molar-refractivity contribution in [2.24, 2.45) is 17.8 Å². The van der Waals surface area contributed by atoms with E-state index in [0.29, 0.717) is 30.6 Å². The van der Waals surface area contributed by atoms with Crippen molar-refractivity contribution in [3.63, 3.8) is 0 Å². The van der Waals surface area contributed by atoms with Gasteiger partial charge in [0.15, 0.2) is 0 Å². The van der Waals surface area contributed by atoms with E-state index in [1.165, 1.54) is 0 Å². The number of rotatable bonds is 1. The number of hydrogen-bond donors (Lipinski definition) is 0. The minimum Gasteiger partial charge on any atom is -0.748 e. The van der Waals surface area contributed by atoms with Gasteiger partial charge in [-0.05, 0) is 30.6 Å². The SMILES string of the molecule is CC1CC(S(=O)(=O)[O-])CC(C)C1C.[K+]. The van der Waals surface area contributed by atoms with Gasteiger partial charge in [-0.3, -0.25) is 0 Å². The van der Waals surface area contributed by atoms with Gasteiger partial charge in [0.2, 0.25) is 0 Å². The summed E-state index contributed by atoms with van der Waals surface area (Å²) in [6.07, 6.45) is 1.08. The molecule has 0 spiro atoms. The average Bonchev–Trinajstić information content (AvgIpc) is 1.97. The van der Waals surface area contributed by atoms with Crippen molar-refractivity contribution in [2.75, 3.05) is 0 Å². The van der Waals surface area contributed by atoms with Crippen LogP contribution < -0.4 is 51.4 Å². The summed E-state index contributed by atoms with van der Waals surface area (Å²) in [6, 6.07) is 0. The van der Waals surface area contributed by atoms with Gasteiger partial charge in [-0.2, -0.15) is 0 Å². The van der Waals surface area contributed by atoms with E-state index in [1.807, 2.05) is 13.8 Å². The first-order valence-electron chi connectivity index (χ1n) is 4.77. The maximum absolute atomic E-state index is 10.8. The molecule has 5 heteroatoms. The summed E-state index contributed by atoms with van der Waals surface area (Å²) in [7, 11) is -4.07. The van der Waals surface area contributed by atoms with Crippen molar-refractivity contribution in [3.05, 3.63) is 0 Å². The maximum atomic E-state index is 10.8. The third-order valence-corrected chi connectivity index (χ3v) is 4.67. The smallest absolute Gasteiger partial charge is 0.748 e. The van der Waals surface area contributed by atoms with E-state index >= 15 is 0 Å². The largest absolute Gasteiger partial charge is 1.00 e. The van der Waals surface area contributed by atoms with E-state index in [1.54, 1.807) is 0 Å². The summed E-state index contributed by atoms with van der Waals surface area (Å²) in [5.41, 5.74) is 0. The topological polar surface area (TPSA) is 57.2 Å². The van der Waals surface area contributed by atoms with E-state index in [-0.39, 0.29) is 51.4 Å². The molecule has 0 saturated heterocycles. The molecule has 0 aromatic rings. The first kappa shape index (κ1) is 15.5. The van der Waals surface area contributed by atoms with Crippen molar-refractivity contribution in [3.8, 4) is 0 Å². The molecule has 1 fully saturated rings. The fourth-order valence-electron chi connectivity index (χ4n) is 2.15. The summed E-state index contributed by atoms with van der Waals surface area (Å²) in [5, 5.41) is -0.645. The molecule has 3 nitrogen and oxygen atoms in total. The zero-order valence-electron chi connectivity index (χ0n) is 9.36. The molecule has 0 heterocycles. The first-order chi connectivity index (χ1) is 5.82. The van der Waals surface area contributed by atoms with Gasteiger partial charge in [0.1, 0.15) is 0 Å². The molecule has 0 aromatic heterocycles. The van der Waals surface area contributed by atoms with Gasteiger partial charge < -0.3 is 4.55 Å². The first-order valence-corrected chi connectivity index (χ1v) is 6.24. The van der Waals surface area contributed by atoms with Crippen molar-refractivity contribution in [2.45, 2.75) is 38.9 Å². The maximum Gasteiger partial charge on any atom is 1.00 e. The van der Waals surface area contributed by atoms with Gasteiger partial charge in [-0.1, -0.05) is 20.8 Å². The predicted molar refractivity (Wildman–Crippen MR) is 50.2 cm³/mol. The summed E-state index contributed by atoms with van der Waals surface area (Å²) >= 11 is 0. The molecule has 2 atom stereocenters. The van der Waals surface area contributed by atoms with Crippen LogP contribution in [0.2, 0.25) is 0 Å². The molecule has 14 heavy (non-hydrogen) atoms. The Balaban J connectivity index is 0.00000169. The Morgan fingerprint density at radius 2 is 1.43 bits per heavy atom. The van der Waals surface area contributed by atoms with Crippen LogP contribution in [0.25, 0.3) is 0 Å². The Bertz CT molecular complexity index is 264. The average molecular weight is 244 g/mol. The summed E-state index contributed by atoms with van der Waals surface area (Å²) in [5.74, 6) is 1.22. The molecular formula is C9H17KO3S. The van der Waals surface area contributed by atoms with Gasteiger partial charge in [0.05, 0.1) is 15.4 Å². The molecule has 1 saturated carbocycles. The van der Waals surface area contributed by atoms with Crippen molar-refractivity contribution < 1.29 is 64.4 Å². The second-order valence-corrected chi connectivity index (χ2v) is 6.05. The molecule has 1 aliphatic carbocycles. The molecule has 0 radical (unpaired) electrons. The Hall–Kier alpha value is 1.55. The van der Waals surface area contributed by atoms with E-state index in [0.717, 1.165) is 0 Å². The summed E-state index contributed by atoms with van der Waals surface area (Å²) < 4.78 is 32.5. The van der Waals surface area contributed by atoms with Crippen LogP contribution in [0.1, 0.15) is 33.6 Å². The minimum absolute atomic E-state index is 0. The minimum atomic E-state index is -4.07.